The van der Waals surface area contributed by atoms with E-state index in [1.165, 1.54) is 12.3 Å². The molecule has 75 heavy (non-hydrogen) atoms. The summed E-state index contributed by atoms with van der Waals surface area (Å²) in [6, 6.07) is 21.4. The minimum Gasteiger partial charge on any atom is -0.494 e. The monoisotopic (exact) mass is 1050 g/mol. The van der Waals surface area contributed by atoms with E-state index in [-0.39, 0.29) is 41.0 Å². The molecule has 1 spiro atoms. The number of hydrogen-bond donors (Lipinski definition) is 3. The van der Waals surface area contributed by atoms with E-state index in [4.69, 9.17) is 21.3 Å². The normalized spacial score (nSPS) is 19.1. The van der Waals surface area contributed by atoms with Crippen molar-refractivity contribution >= 4 is 82.2 Å². The molecule has 7 heterocycles. The summed E-state index contributed by atoms with van der Waals surface area (Å²) in [5.74, 6) is -1.40. The first-order valence-electron chi connectivity index (χ1n) is 25.3. The Balaban J connectivity index is 0.727. The number of carbonyl (C=O) groups excluding carboxylic acids is 4. The first-order chi connectivity index (χ1) is 36.0. The van der Waals surface area contributed by atoms with E-state index in [9.17, 15) is 23.7 Å². The van der Waals surface area contributed by atoms with Crippen LogP contribution in [0.15, 0.2) is 91.4 Å². The number of imide groups is 2. The van der Waals surface area contributed by atoms with Gasteiger partial charge in [0.25, 0.3) is 11.8 Å². The molecule has 388 valence electrons. The molecule has 20 heteroatoms. The van der Waals surface area contributed by atoms with Gasteiger partial charge in [0, 0.05) is 86.0 Å². The smallest absolute Gasteiger partial charge is 0.262 e. The second-order valence-corrected chi connectivity index (χ2v) is 24.5. The van der Waals surface area contributed by atoms with Gasteiger partial charge in [0.15, 0.2) is 5.82 Å². The molecule has 5 aliphatic heterocycles. The van der Waals surface area contributed by atoms with E-state index in [1.807, 2.05) is 72.9 Å². The van der Waals surface area contributed by atoms with Crippen LogP contribution in [0.3, 0.4) is 0 Å². The standard InChI is InChI=1S/C55H58ClFN11O6P/c1-64-30-36(27-59-64)37-24-43(61-54-58-28-40(56)50(63-54)60-42-11-10-35(22-48(42)75(3,4)73)34-8-6-5-7-9-34)47(74-2)26-45(37)67-31-55(32-67)16-20-65(21-17-55)29-33-14-18-66(19-15-33)46-25-39-38(23-41(46)57)52(71)68(53(39)72)44-12-13-49(69)62-51(44)70/h5-11,22-28,30,33,44H,12-21,29,31-32H2,1-4H3,(H,62,69,70)(H2,58,60,61,63). The van der Waals surface area contributed by atoms with E-state index in [2.05, 4.69) is 48.0 Å². The Hall–Kier alpha value is -7.14. The van der Waals surface area contributed by atoms with Gasteiger partial charge < -0.3 is 34.6 Å². The van der Waals surface area contributed by atoms with Crippen LogP contribution in [0.2, 0.25) is 5.02 Å². The Bertz CT molecular complexity index is 3310. The molecule has 4 amide bonds. The molecule has 6 aromatic rings. The van der Waals surface area contributed by atoms with Crippen LogP contribution in [0.1, 0.15) is 59.2 Å². The Morgan fingerprint density at radius 2 is 1.55 bits per heavy atom. The number of aryl methyl sites for hydroxylation is 1. The van der Waals surface area contributed by atoms with Crippen molar-refractivity contribution in [2.24, 2.45) is 18.4 Å². The van der Waals surface area contributed by atoms with Gasteiger partial charge in [0.05, 0.1) is 47.7 Å². The summed E-state index contributed by atoms with van der Waals surface area (Å²) < 4.78 is 37.1. The van der Waals surface area contributed by atoms with Crippen molar-refractivity contribution in [2.75, 3.05) is 86.7 Å². The lowest BCUT2D eigenvalue weighted by Gasteiger charge is -2.55. The second-order valence-electron chi connectivity index (χ2n) is 20.9. The van der Waals surface area contributed by atoms with Crippen molar-refractivity contribution in [3.8, 4) is 28.0 Å². The SMILES string of the molecule is COc1cc(N2CC3(CCN(CC4CCN(c5cc6c(cc5F)C(=O)N(C5CCC(=O)NC5=O)C6=O)CC4)CC3)C2)c(-c2cnn(C)c2)cc1Nc1ncc(Cl)c(Nc2ccc(-c3ccccc3)cc2P(C)(C)=O)n1. The van der Waals surface area contributed by atoms with Crippen molar-refractivity contribution in [1.29, 1.82) is 0 Å². The molecular weight excluding hydrogens is 996 g/mol. The lowest BCUT2D eigenvalue weighted by Crippen LogP contribution is -2.61. The highest BCUT2D eigenvalue weighted by Gasteiger charge is 2.47. The highest BCUT2D eigenvalue weighted by atomic mass is 35.5. The van der Waals surface area contributed by atoms with Gasteiger partial charge in [-0.25, -0.2) is 9.37 Å². The molecule has 2 aromatic heterocycles. The molecule has 0 saturated carbocycles. The Morgan fingerprint density at radius 3 is 2.23 bits per heavy atom. The number of halogens is 2. The molecule has 4 fully saturated rings. The zero-order chi connectivity index (χ0) is 52.3. The van der Waals surface area contributed by atoms with Crippen molar-refractivity contribution < 1.29 is 32.9 Å². The molecule has 4 saturated heterocycles. The molecule has 11 rings (SSSR count). The molecule has 17 nitrogen and oxygen atoms in total. The maximum absolute atomic E-state index is 15.7. The number of benzene rings is 4. The van der Waals surface area contributed by atoms with Gasteiger partial charge >= 0.3 is 0 Å². The third-order valence-corrected chi connectivity index (χ3v) is 17.4. The summed E-state index contributed by atoms with van der Waals surface area (Å²) in [5, 5.41) is 14.4. The molecule has 0 aliphatic carbocycles. The number of rotatable bonds is 13. The lowest BCUT2D eigenvalue weighted by atomic mass is 9.71. The Kier molecular flexibility index (Phi) is 13.2. The summed E-state index contributed by atoms with van der Waals surface area (Å²) in [6.07, 6.45) is 9.31. The molecule has 3 N–H and O–H groups in total. The van der Waals surface area contributed by atoms with Crippen molar-refractivity contribution in [3.63, 3.8) is 0 Å². The highest BCUT2D eigenvalue weighted by molar-refractivity contribution is 7.70. The third-order valence-electron chi connectivity index (χ3n) is 15.6. The van der Waals surface area contributed by atoms with E-state index in [0.717, 1.165) is 97.3 Å². The number of methoxy groups -OCH3 is 1. The first kappa shape index (κ1) is 50.0. The summed E-state index contributed by atoms with van der Waals surface area (Å²) in [6.45, 7) is 9.47. The average Bonchev–Trinajstić information content (AvgIpc) is 3.93. The zero-order valence-electron chi connectivity index (χ0n) is 42.2. The topological polar surface area (TPSA) is 187 Å². The number of nitrogens with zero attached hydrogens (tertiary/aromatic N) is 8. The Morgan fingerprint density at radius 1 is 0.813 bits per heavy atom. The van der Waals surface area contributed by atoms with Crippen LogP contribution in [-0.4, -0.2) is 125 Å². The first-order valence-corrected chi connectivity index (χ1v) is 28.3. The van der Waals surface area contributed by atoms with E-state index in [0.29, 0.717) is 52.3 Å². The van der Waals surface area contributed by atoms with Crippen LogP contribution in [-0.2, 0) is 21.2 Å². The number of anilines is 6. The predicted molar refractivity (Wildman–Crippen MR) is 288 cm³/mol. The fourth-order valence-electron chi connectivity index (χ4n) is 11.4. The fraction of sp³-hybridized carbons (Fsp3) is 0.364. The van der Waals surface area contributed by atoms with Crippen LogP contribution in [0.5, 0.6) is 5.75 Å². The number of carbonyl (C=O) groups is 4. The fourth-order valence-corrected chi connectivity index (χ4v) is 12.7. The average molecular weight is 1050 g/mol. The number of nitrogens with one attached hydrogen (secondary N) is 3. The Labute approximate surface area is 439 Å². The number of aromatic nitrogens is 4. The van der Waals surface area contributed by atoms with Gasteiger partial charge in [-0.2, -0.15) is 10.1 Å². The van der Waals surface area contributed by atoms with Gasteiger partial charge in [-0.3, -0.25) is 34.1 Å². The van der Waals surface area contributed by atoms with Crippen molar-refractivity contribution in [3.05, 3.63) is 113 Å². The van der Waals surface area contributed by atoms with Gasteiger partial charge in [-0.15, -0.1) is 0 Å². The number of hydrogen-bond acceptors (Lipinski definition) is 14. The maximum Gasteiger partial charge on any atom is 0.262 e. The van der Waals surface area contributed by atoms with E-state index in [1.54, 1.807) is 25.1 Å². The molecular formula is C55H58ClFN11O6P. The summed E-state index contributed by atoms with van der Waals surface area (Å²) in [5.41, 5.74) is 6.74. The number of piperidine rings is 3. The minimum absolute atomic E-state index is 0.0142. The summed E-state index contributed by atoms with van der Waals surface area (Å²) >= 11 is 6.71. The summed E-state index contributed by atoms with van der Waals surface area (Å²) in [4.78, 5) is 68.1. The van der Waals surface area contributed by atoms with Gasteiger partial charge in [-0.05, 0) is 106 Å². The van der Waals surface area contributed by atoms with Gasteiger partial charge in [-0.1, -0.05) is 48.0 Å². The van der Waals surface area contributed by atoms with Crippen LogP contribution in [0.4, 0.5) is 38.9 Å². The van der Waals surface area contributed by atoms with Crippen molar-refractivity contribution in [2.45, 2.75) is 44.6 Å². The van der Waals surface area contributed by atoms with Crippen LogP contribution < -0.4 is 35.8 Å². The van der Waals surface area contributed by atoms with Gasteiger partial charge in [0.1, 0.15) is 29.8 Å². The lowest BCUT2D eigenvalue weighted by molar-refractivity contribution is -0.136. The molecule has 0 bridgehead atoms. The largest absolute Gasteiger partial charge is 0.494 e. The summed E-state index contributed by atoms with van der Waals surface area (Å²) in [7, 11) is 0.795. The van der Waals surface area contributed by atoms with Crippen LogP contribution >= 0.6 is 18.7 Å². The van der Waals surface area contributed by atoms with E-state index < -0.39 is 42.6 Å². The van der Waals surface area contributed by atoms with Crippen LogP contribution in [0, 0.1) is 17.2 Å². The van der Waals surface area contributed by atoms with Crippen LogP contribution in [0.25, 0.3) is 22.3 Å². The second kappa shape index (κ2) is 19.9. The number of ether oxygens (including phenoxy) is 1. The quantitative estimate of drug-likeness (QED) is 0.0741. The van der Waals surface area contributed by atoms with Crippen molar-refractivity contribution in [1.82, 2.24) is 34.9 Å². The number of likely N-dealkylation sites (tertiary alicyclic amines) is 1. The molecule has 4 aromatic carbocycles. The highest BCUT2D eigenvalue weighted by Crippen LogP contribution is 2.49. The number of amides is 4. The molecule has 0 radical (unpaired) electrons. The zero-order valence-corrected chi connectivity index (χ0v) is 43.9. The molecule has 5 aliphatic rings. The number of fused-ring (bicyclic) bond motifs is 1. The molecule has 1 unspecified atom stereocenters. The van der Waals surface area contributed by atoms with E-state index >= 15 is 4.39 Å². The third kappa shape index (κ3) is 9.86. The maximum atomic E-state index is 15.7. The predicted octanol–water partition coefficient (Wildman–Crippen LogP) is 8.30. The minimum atomic E-state index is -2.75. The van der Waals surface area contributed by atoms with Gasteiger partial charge in [0.2, 0.25) is 17.8 Å². The molecule has 1 atom stereocenters.